The Bertz CT molecular complexity index is 502. The van der Waals surface area contributed by atoms with Gasteiger partial charge in [-0.15, -0.1) is 0 Å². The molecule has 0 radical (unpaired) electrons. The average molecular weight is 264 g/mol. The first-order chi connectivity index (χ1) is 8.70. The molecule has 4 heteroatoms. The number of nitrogens with zero attached hydrogens (tertiary/aromatic N) is 1. The number of aromatic nitrogens is 2. The van der Waals surface area contributed by atoms with Gasteiger partial charge in [-0.25, -0.2) is 4.98 Å². The van der Waals surface area contributed by atoms with E-state index in [9.17, 15) is 0 Å². The summed E-state index contributed by atoms with van der Waals surface area (Å²) in [5.74, 6) is 1.03. The molecule has 0 fully saturated rings. The second kappa shape index (κ2) is 6.03. The van der Waals surface area contributed by atoms with E-state index in [0.29, 0.717) is 0 Å². The highest BCUT2D eigenvalue weighted by atomic mass is 35.5. The van der Waals surface area contributed by atoms with Crippen molar-refractivity contribution < 1.29 is 0 Å². The van der Waals surface area contributed by atoms with Crippen molar-refractivity contribution in [1.29, 1.82) is 0 Å². The van der Waals surface area contributed by atoms with Gasteiger partial charge in [-0.2, -0.15) is 0 Å². The first-order valence-electron chi connectivity index (χ1n) is 6.22. The number of aryl methyl sites for hydroxylation is 2. The molecule has 0 amide bonds. The maximum atomic E-state index is 5.89. The van der Waals surface area contributed by atoms with E-state index >= 15 is 0 Å². The SMILES string of the molecule is Cc1[nH]c(CCCCN)nc1-c1ccc(Cl)cc1. The van der Waals surface area contributed by atoms with E-state index in [2.05, 4.69) is 9.97 Å². The molecule has 96 valence electrons. The third-order valence-corrected chi connectivity index (χ3v) is 3.17. The van der Waals surface area contributed by atoms with E-state index < -0.39 is 0 Å². The number of hydrogen-bond acceptors (Lipinski definition) is 2. The summed E-state index contributed by atoms with van der Waals surface area (Å²) in [7, 11) is 0. The number of imidazole rings is 1. The lowest BCUT2D eigenvalue weighted by Crippen LogP contribution is -1.99. The molecule has 1 aromatic heterocycles. The highest BCUT2D eigenvalue weighted by Gasteiger charge is 2.08. The van der Waals surface area contributed by atoms with Crippen LogP contribution in [0.3, 0.4) is 0 Å². The highest BCUT2D eigenvalue weighted by Crippen LogP contribution is 2.23. The second-order valence-electron chi connectivity index (χ2n) is 4.41. The van der Waals surface area contributed by atoms with E-state index in [1.807, 2.05) is 31.2 Å². The Morgan fingerprint density at radius 3 is 2.61 bits per heavy atom. The van der Waals surface area contributed by atoms with Gasteiger partial charge < -0.3 is 10.7 Å². The second-order valence-corrected chi connectivity index (χ2v) is 4.85. The molecular formula is C14H18ClN3. The predicted octanol–water partition coefficient (Wildman–Crippen LogP) is 3.32. The van der Waals surface area contributed by atoms with Gasteiger partial charge in [-0.3, -0.25) is 0 Å². The Labute approximate surface area is 112 Å². The molecule has 2 rings (SSSR count). The number of hydrogen-bond donors (Lipinski definition) is 2. The summed E-state index contributed by atoms with van der Waals surface area (Å²) in [6.07, 6.45) is 3.06. The zero-order valence-electron chi connectivity index (χ0n) is 10.5. The van der Waals surface area contributed by atoms with Crippen LogP contribution in [0.2, 0.25) is 5.02 Å². The summed E-state index contributed by atoms with van der Waals surface area (Å²) >= 11 is 5.89. The van der Waals surface area contributed by atoms with Gasteiger partial charge in [0.1, 0.15) is 5.82 Å². The normalized spacial score (nSPS) is 10.8. The van der Waals surface area contributed by atoms with E-state index in [4.69, 9.17) is 17.3 Å². The number of nitrogens with two attached hydrogens (primary N) is 1. The molecule has 1 aromatic carbocycles. The molecule has 0 saturated heterocycles. The van der Waals surface area contributed by atoms with Crippen molar-refractivity contribution >= 4 is 11.6 Å². The Morgan fingerprint density at radius 2 is 1.94 bits per heavy atom. The van der Waals surface area contributed by atoms with E-state index in [1.54, 1.807) is 0 Å². The van der Waals surface area contributed by atoms with Crippen molar-refractivity contribution in [3.63, 3.8) is 0 Å². The van der Waals surface area contributed by atoms with E-state index in [1.165, 1.54) is 0 Å². The predicted molar refractivity (Wildman–Crippen MR) is 75.8 cm³/mol. The summed E-state index contributed by atoms with van der Waals surface area (Å²) in [4.78, 5) is 7.97. The van der Waals surface area contributed by atoms with Gasteiger partial charge >= 0.3 is 0 Å². The molecule has 0 aliphatic carbocycles. The Morgan fingerprint density at radius 1 is 1.22 bits per heavy atom. The van der Waals surface area contributed by atoms with Gasteiger partial charge in [0, 0.05) is 22.7 Å². The molecule has 0 bridgehead atoms. The maximum absolute atomic E-state index is 5.89. The molecule has 0 aliphatic heterocycles. The summed E-state index contributed by atoms with van der Waals surface area (Å²) in [5, 5.41) is 0.745. The zero-order valence-corrected chi connectivity index (χ0v) is 11.3. The zero-order chi connectivity index (χ0) is 13.0. The molecule has 0 saturated carbocycles. The Kier molecular flexibility index (Phi) is 4.39. The average Bonchev–Trinajstić information content (AvgIpc) is 2.72. The minimum absolute atomic E-state index is 0.740. The van der Waals surface area contributed by atoms with Crippen LogP contribution in [0.15, 0.2) is 24.3 Å². The minimum Gasteiger partial charge on any atom is -0.346 e. The van der Waals surface area contributed by atoms with Crippen LogP contribution in [0.5, 0.6) is 0 Å². The molecule has 3 N–H and O–H groups in total. The van der Waals surface area contributed by atoms with E-state index in [-0.39, 0.29) is 0 Å². The maximum Gasteiger partial charge on any atom is 0.106 e. The first-order valence-corrected chi connectivity index (χ1v) is 6.60. The van der Waals surface area contributed by atoms with Crippen molar-refractivity contribution in [2.75, 3.05) is 6.54 Å². The Hall–Kier alpha value is -1.32. The van der Waals surface area contributed by atoms with Gasteiger partial charge in [0.2, 0.25) is 0 Å². The number of halogens is 1. The largest absolute Gasteiger partial charge is 0.346 e. The fraction of sp³-hybridized carbons (Fsp3) is 0.357. The monoisotopic (exact) mass is 263 g/mol. The molecular weight excluding hydrogens is 246 g/mol. The van der Waals surface area contributed by atoms with Gasteiger partial charge in [0.05, 0.1) is 5.69 Å². The van der Waals surface area contributed by atoms with Crippen LogP contribution in [0.4, 0.5) is 0 Å². The molecule has 3 nitrogen and oxygen atoms in total. The first kappa shape index (κ1) is 13.1. The van der Waals surface area contributed by atoms with Crippen LogP contribution in [0.25, 0.3) is 11.3 Å². The number of aromatic amines is 1. The lowest BCUT2D eigenvalue weighted by atomic mass is 10.1. The van der Waals surface area contributed by atoms with Crippen LogP contribution in [0.1, 0.15) is 24.4 Å². The van der Waals surface area contributed by atoms with E-state index in [0.717, 1.165) is 53.6 Å². The quantitative estimate of drug-likeness (QED) is 0.813. The third-order valence-electron chi connectivity index (χ3n) is 2.92. The van der Waals surface area contributed by atoms with Crippen molar-refractivity contribution in [2.45, 2.75) is 26.2 Å². The minimum atomic E-state index is 0.740. The van der Waals surface area contributed by atoms with Crippen LogP contribution >= 0.6 is 11.6 Å². The number of unbranched alkanes of at least 4 members (excludes halogenated alkanes) is 1. The molecule has 2 aromatic rings. The van der Waals surface area contributed by atoms with Gasteiger partial charge in [0.25, 0.3) is 0 Å². The van der Waals surface area contributed by atoms with Gasteiger partial charge in [0.15, 0.2) is 0 Å². The molecule has 0 spiro atoms. The van der Waals surface area contributed by atoms with Crippen LogP contribution in [-0.2, 0) is 6.42 Å². The summed E-state index contributed by atoms with van der Waals surface area (Å²) in [5.41, 5.74) is 8.69. The molecule has 0 aliphatic rings. The standard InChI is InChI=1S/C14H18ClN3/c1-10-14(11-5-7-12(15)8-6-11)18-13(17-10)4-2-3-9-16/h5-8H,2-4,9,16H2,1H3,(H,17,18). The Balaban J connectivity index is 2.16. The fourth-order valence-electron chi connectivity index (χ4n) is 1.97. The topological polar surface area (TPSA) is 54.7 Å². The number of benzene rings is 1. The summed E-state index contributed by atoms with van der Waals surface area (Å²) in [6, 6.07) is 7.77. The van der Waals surface area contributed by atoms with Crippen molar-refractivity contribution in [3.05, 3.63) is 40.8 Å². The van der Waals surface area contributed by atoms with Crippen molar-refractivity contribution in [3.8, 4) is 11.3 Å². The lowest BCUT2D eigenvalue weighted by Gasteiger charge is -1.98. The van der Waals surface area contributed by atoms with Crippen LogP contribution in [0, 0.1) is 6.92 Å². The highest BCUT2D eigenvalue weighted by molar-refractivity contribution is 6.30. The summed E-state index contributed by atoms with van der Waals surface area (Å²) < 4.78 is 0. The number of nitrogens with one attached hydrogen (secondary N) is 1. The molecule has 0 unspecified atom stereocenters. The van der Waals surface area contributed by atoms with Crippen molar-refractivity contribution in [1.82, 2.24) is 9.97 Å². The number of H-pyrrole nitrogens is 1. The molecule has 18 heavy (non-hydrogen) atoms. The van der Waals surface area contributed by atoms with Gasteiger partial charge in [-0.1, -0.05) is 23.7 Å². The van der Waals surface area contributed by atoms with Gasteiger partial charge in [-0.05, 0) is 38.4 Å². The molecule has 0 atom stereocenters. The third kappa shape index (κ3) is 3.12. The number of rotatable bonds is 5. The lowest BCUT2D eigenvalue weighted by molar-refractivity contribution is 0.722. The summed E-state index contributed by atoms with van der Waals surface area (Å²) in [6.45, 7) is 2.78. The molecule has 1 heterocycles. The van der Waals surface area contributed by atoms with Crippen molar-refractivity contribution in [2.24, 2.45) is 5.73 Å². The smallest absolute Gasteiger partial charge is 0.106 e. The van der Waals surface area contributed by atoms with Crippen LogP contribution < -0.4 is 5.73 Å². The van der Waals surface area contributed by atoms with Crippen LogP contribution in [-0.4, -0.2) is 16.5 Å². The fourth-order valence-corrected chi connectivity index (χ4v) is 2.09.